The van der Waals surface area contributed by atoms with Gasteiger partial charge in [-0.1, -0.05) is 0 Å². The van der Waals surface area contributed by atoms with Gasteiger partial charge in [-0.3, -0.25) is 4.79 Å². The average Bonchev–Trinajstić information content (AvgIpc) is 2.73. The van der Waals surface area contributed by atoms with Crippen molar-refractivity contribution in [2.24, 2.45) is 4.58 Å². The zero-order chi connectivity index (χ0) is 12.0. The molecule has 1 aliphatic rings. The summed E-state index contributed by atoms with van der Waals surface area (Å²) in [7, 11) is 0. The number of hydrogen-bond acceptors (Lipinski definition) is 5. The van der Waals surface area contributed by atoms with Crippen LogP contribution in [-0.4, -0.2) is 40.2 Å². The second-order valence-electron chi connectivity index (χ2n) is 3.59. The predicted octanol–water partition coefficient (Wildman–Crippen LogP) is 1.26. The van der Waals surface area contributed by atoms with Crippen LogP contribution in [0, 0.1) is 4.91 Å². The van der Waals surface area contributed by atoms with Gasteiger partial charge in [0, 0.05) is 35.2 Å². The third kappa shape index (κ3) is 3.48. The van der Waals surface area contributed by atoms with E-state index in [2.05, 4.69) is 4.58 Å². The molecule has 1 rings (SSSR count). The van der Waals surface area contributed by atoms with E-state index in [1.807, 2.05) is 0 Å². The van der Waals surface area contributed by atoms with Crippen molar-refractivity contribution in [2.75, 3.05) is 12.3 Å². The molecule has 1 fully saturated rings. The van der Waals surface area contributed by atoms with Gasteiger partial charge in [0.2, 0.25) is 5.91 Å². The first kappa shape index (κ1) is 13.0. The molecule has 0 radical (unpaired) electrons. The molecule has 1 saturated heterocycles. The Morgan fingerprint density at radius 2 is 2.25 bits per heavy atom. The van der Waals surface area contributed by atoms with Crippen LogP contribution in [0.4, 0.5) is 0 Å². The van der Waals surface area contributed by atoms with Crippen LogP contribution < -0.4 is 0 Å². The zero-order valence-corrected chi connectivity index (χ0v) is 9.61. The molecule has 0 aliphatic carbocycles. The Morgan fingerprint density at radius 3 is 2.88 bits per heavy atom. The first-order valence-electron chi connectivity index (χ1n) is 5.13. The fourth-order valence-electron chi connectivity index (χ4n) is 1.79. The van der Waals surface area contributed by atoms with Gasteiger partial charge >= 0.3 is 5.97 Å². The number of nitroso groups, excluding NO2 is 1. The number of rotatable bonds is 6. The number of likely N-dealkylation sites (tertiary alicyclic amines) is 1. The van der Waals surface area contributed by atoms with Gasteiger partial charge in [-0.05, 0) is 19.3 Å². The molecule has 7 heteroatoms. The van der Waals surface area contributed by atoms with E-state index < -0.39 is 12.0 Å². The normalized spacial score (nSPS) is 19.8. The third-order valence-electron chi connectivity index (χ3n) is 2.54. The predicted molar refractivity (Wildman–Crippen MR) is 59.9 cm³/mol. The van der Waals surface area contributed by atoms with E-state index in [0.717, 1.165) is 18.4 Å². The molecule has 16 heavy (non-hydrogen) atoms. The molecular formula is C9H14N2O4S. The summed E-state index contributed by atoms with van der Waals surface area (Å²) in [6.45, 7) is 0.523. The molecule has 0 spiro atoms. The quantitative estimate of drug-likeness (QED) is 0.433. The minimum absolute atomic E-state index is 0.142. The summed E-state index contributed by atoms with van der Waals surface area (Å²) in [6, 6.07) is -0.663. The van der Waals surface area contributed by atoms with Gasteiger partial charge < -0.3 is 10.0 Å². The van der Waals surface area contributed by atoms with Crippen LogP contribution in [0.5, 0.6) is 0 Å². The molecular weight excluding hydrogens is 232 g/mol. The summed E-state index contributed by atoms with van der Waals surface area (Å²) in [6.07, 6.45) is 2.11. The highest BCUT2D eigenvalue weighted by molar-refractivity contribution is 7.97. The van der Waals surface area contributed by atoms with E-state index in [4.69, 9.17) is 5.11 Å². The maximum absolute atomic E-state index is 11.7. The number of hydrogen-bond donors (Lipinski definition) is 1. The Hall–Kier alpha value is -1.11. The smallest absolute Gasteiger partial charge is 0.326 e. The Labute approximate surface area is 97.5 Å². The maximum atomic E-state index is 11.7. The molecule has 1 heterocycles. The Morgan fingerprint density at radius 1 is 1.50 bits per heavy atom. The highest BCUT2D eigenvalue weighted by atomic mass is 32.2. The molecule has 1 aliphatic heterocycles. The number of carbonyl (C=O) groups excluding carboxylic acids is 1. The molecule has 90 valence electrons. The lowest BCUT2D eigenvalue weighted by Crippen LogP contribution is -2.40. The summed E-state index contributed by atoms with van der Waals surface area (Å²) < 4.78 is 2.62. The Bertz CT molecular complexity index is 285. The number of nitrogens with zero attached hydrogens (tertiary/aromatic N) is 2. The van der Waals surface area contributed by atoms with Gasteiger partial charge in [-0.25, -0.2) is 4.79 Å². The standard InChI is InChI=1S/C9H14N2O4S/c12-8(4-2-6-16-10-15)11-5-1-3-7(11)9(13)14/h7H,1-6H2,(H,13,14). The van der Waals surface area contributed by atoms with Crippen LogP contribution in [0.25, 0.3) is 0 Å². The van der Waals surface area contributed by atoms with Gasteiger partial charge in [0.15, 0.2) is 0 Å². The van der Waals surface area contributed by atoms with Gasteiger partial charge in [-0.2, -0.15) is 0 Å². The minimum atomic E-state index is -0.935. The van der Waals surface area contributed by atoms with Crippen LogP contribution in [0.3, 0.4) is 0 Å². The van der Waals surface area contributed by atoms with E-state index in [0.29, 0.717) is 25.1 Å². The number of carboxylic acid groups (broad SMARTS) is 1. The molecule has 0 aromatic rings. The Kier molecular flexibility index (Phi) is 5.24. The summed E-state index contributed by atoms with van der Waals surface area (Å²) in [5.74, 6) is -0.577. The molecule has 6 nitrogen and oxygen atoms in total. The lowest BCUT2D eigenvalue weighted by molar-refractivity contribution is -0.148. The number of carboxylic acids is 1. The largest absolute Gasteiger partial charge is 0.480 e. The first-order valence-corrected chi connectivity index (χ1v) is 6.08. The van der Waals surface area contributed by atoms with Crippen LogP contribution in [0.15, 0.2) is 4.58 Å². The zero-order valence-electron chi connectivity index (χ0n) is 8.79. The average molecular weight is 246 g/mol. The molecule has 1 unspecified atom stereocenters. The van der Waals surface area contributed by atoms with E-state index in [9.17, 15) is 14.5 Å². The fourth-order valence-corrected chi connectivity index (χ4v) is 2.14. The van der Waals surface area contributed by atoms with Crippen molar-refractivity contribution in [2.45, 2.75) is 31.7 Å². The van der Waals surface area contributed by atoms with Gasteiger partial charge in [0.1, 0.15) is 6.04 Å². The van der Waals surface area contributed by atoms with Gasteiger partial charge in [0.05, 0.1) is 0 Å². The third-order valence-corrected chi connectivity index (χ3v) is 3.11. The van der Waals surface area contributed by atoms with Crippen molar-refractivity contribution in [1.29, 1.82) is 0 Å². The summed E-state index contributed by atoms with van der Waals surface area (Å²) in [5, 5.41) is 8.89. The Balaban J connectivity index is 2.35. The SMILES string of the molecule is O=NSCCCC(=O)N1CCCC1C(=O)O. The molecule has 1 atom stereocenters. The van der Waals surface area contributed by atoms with Crippen LogP contribution in [-0.2, 0) is 9.59 Å². The lowest BCUT2D eigenvalue weighted by atomic mass is 10.2. The summed E-state index contributed by atoms with van der Waals surface area (Å²) in [4.78, 5) is 33.7. The maximum Gasteiger partial charge on any atom is 0.326 e. The van der Waals surface area contributed by atoms with Crippen molar-refractivity contribution in [3.05, 3.63) is 4.91 Å². The van der Waals surface area contributed by atoms with Crippen molar-refractivity contribution >= 4 is 23.8 Å². The molecule has 0 aromatic heterocycles. The van der Waals surface area contributed by atoms with E-state index >= 15 is 0 Å². The monoisotopic (exact) mass is 246 g/mol. The van der Waals surface area contributed by atoms with Crippen molar-refractivity contribution in [3.8, 4) is 0 Å². The molecule has 1 N–H and O–H groups in total. The summed E-state index contributed by atoms with van der Waals surface area (Å²) >= 11 is 0.882. The molecule has 0 saturated carbocycles. The van der Waals surface area contributed by atoms with Crippen LogP contribution in [0.1, 0.15) is 25.7 Å². The van der Waals surface area contributed by atoms with Crippen molar-refractivity contribution < 1.29 is 14.7 Å². The van der Waals surface area contributed by atoms with E-state index in [-0.39, 0.29) is 12.3 Å². The van der Waals surface area contributed by atoms with Crippen molar-refractivity contribution in [3.63, 3.8) is 0 Å². The first-order chi connectivity index (χ1) is 7.66. The van der Waals surface area contributed by atoms with Crippen molar-refractivity contribution in [1.82, 2.24) is 4.90 Å². The number of carbonyl (C=O) groups is 2. The van der Waals surface area contributed by atoms with Crippen LogP contribution >= 0.6 is 11.9 Å². The topological polar surface area (TPSA) is 87.0 Å². The second-order valence-corrected chi connectivity index (χ2v) is 4.41. The molecule has 1 amide bonds. The van der Waals surface area contributed by atoms with E-state index in [1.54, 1.807) is 0 Å². The molecule has 0 bridgehead atoms. The number of aliphatic carboxylic acids is 1. The second kappa shape index (κ2) is 6.47. The highest BCUT2D eigenvalue weighted by Gasteiger charge is 2.33. The fraction of sp³-hybridized carbons (Fsp3) is 0.778. The molecule has 0 aromatic carbocycles. The van der Waals surface area contributed by atoms with Crippen LogP contribution in [0.2, 0.25) is 0 Å². The summed E-state index contributed by atoms with van der Waals surface area (Å²) in [5.41, 5.74) is 0. The van der Waals surface area contributed by atoms with Gasteiger partial charge in [-0.15, -0.1) is 4.91 Å². The van der Waals surface area contributed by atoms with E-state index in [1.165, 1.54) is 4.90 Å². The van der Waals surface area contributed by atoms with Gasteiger partial charge in [0.25, 0.3) is 0 Å². The number of amides is 1. The lowest BCUT2D eigenvalue weighted by Gasteiger charge is -2.21. The highest BCUT2D eigenvalue weighted by Crippen LogP contribution is 2.19. The minimum Gasteiger partial charge on any atom is -0.480 e.